The molecule has 1 fully saturated rings. The van der Waals surface area contributed by atoms with Crippen LogP contribution in [-0.4, -0.2) is 48.1 Å². The number of anilines is 2. The van der Waals surface area contributed by atoms with Crippen molar-refractivity contribution in [2.24, 2.45) is 4.99 Å². The van der Waals surface area contributed by atoms with Crippen LogP contribution in [0.15, 0.2) is 59.7 Å². The van der Waals surface area contributed by atoms with Crippen molar-refractivity contribution in [1.82, 2.24) is 15.3 Å². The zero-order valence-corrected chi connectivity index (χ0v) is 18.7. The lowest BCUT2D eigenvalue weighted by molar-refractivity contribution is 0.0934. The van der Waals surface area contributed by atoms with E-state index in [-0.39, 0.29) is 23.5 Å². The maximum Gasteiger partial charge on any atom is 0.251 e. The minimum atomic E-state index is -2.97. The van der Waals surface area contributed by atoms with Gasteiger partial charge in [0, 0.05) is 35.3 Å². The predicted molar refractivity (Wildman–Crippen MR) is 128 cm³/mol. The van der Waals surface area contributed by atoms with Gasteiger partial charge < -0.3 is 10.6 Å². The minimum Gasteiger partial charge on any atom is -0.349 e. The van der Waals surface area contributed by atoms with Crippen LogP contribution in [0.1, 0.15) is 34.3 Å². The van der Waals surface area contributed by atoms with Gasteiger partial charge in [0.05, 0.1) is 18.1 Å². The summed E-state index contributed by atoms with van der Waals surface area (Å²) in [5.41, 5.74) is 4.42. The SMILES string of the molecule is O=C(NC1CCS(=O)(=O)CC1)c1cccc(-c2nccc(Nc3ccc4c(c3)C=NC4)n2)c1. The summed E-state index contributed by atoms with van der Waals surface area (Å²) in [6.07, 6.45) is 4.43. The van der Waals surface area contributed by atoms with Crippen molar-refractivity contribution in [2.45, 2.75) is 25.4 Å². The highest BCUT2D eigenvalue weighted by atomic mass is 32.2. The molecule has 1 saturated heterocycles. The van der Waals surface area contributed by atoms with E-state index in [0.717, 1.165) is 23.4 Å². The van der Waals surface area contributed by atoms with Crippen LogP contribution >= 0.6 is 0 Å². The first-order valence-corrected chi connectivity index (χ1v) is 12.6. The fourth-order valence-electron chi connectivity index (χ4n) is 4.00. The van der Waals surface area contributed by atoms with Gasteiger partial charge in [0.15, 0.2) is 5.82 Å². The topological polar surface area (TPSA) is 113 Å². The molecule has 1 amide bonds. The van der Waals surface area contributed by atoms with Crippen molar-refractivity contribution in [3.8, 4) is 11.4 Å². The predicted octanol–water partition coefficient (Wildman–Crippen LogP) is 3.13. The van der Waals surface area contributed by atoms with Crippen LogP contribution in [0.5, 0.6) is 0 Å². The first kappa shape index (κ1) is 21.3. The van der Waals surface area contributed by atoms with E-state index in [1.54, 1.807) is 30.5 Å². The summed E-state index contributed by atoms with van der Waals surface area (Å²) in [7, 11) is -2.97. The Kier molecular flexibility index (Phi) is 5.63. The fraction of sp³-hybridized carbons (Fsp3) is 0.250. The molecule has 9 heteroatoms. The third-order valence-electron chi connectivity index (χ3n) is 5.84. The van der Waals surface area contributed by atoms with Crippen molar-refractivity contribution >= 4 is 33.5 Å². The molecule has 3 heterocycles. The Bertz CT molecular complexity index is 1340. The third kappa shape index (κ3) is 4.93. The number of rotatable bonds is 5. The number of amides is 1. The number of nitrogens with zero attached hydrogens (tertiary/aromatic N) is 3. The van der Waals surface area contributed by atoms with E-state index in [1.807, 2.05) is 24.4 Å². The van der Waals surface area contributed by atoms with E-state index in [9.17, 15) is 13.2 Å². The number of aliphatic imine (C=N–C) groups is 1. The number of carbonyl (C=O) groups is 1. The van der Waals surface area contributed by atoms with E-state index in [4.69, 9.17) is 0 Å². The van der Waals surface area contributed by atoms with Crippen molar-refractivity contribution in [1.29, 1.82) is 0 Å². The standard InChI is InChI=1S/C24H23N5O3S/c30-24(28-20-7-10-33(31,32)11-8-20)17-3-1-2-16(12-17)23-26-9-6-22(29-23)27-21-5-4-18-14-25-15-19(18)13-21/h1-6,9,12-13,15,20H,7-8,10-11,14H2,(H,28,30)(H,26,27,29). The van der Waals surface area contributed by atoms with Gasteiger partial charge in [-0.1, -0.05) is 18.2 Å². The molecule has 2 aliphatic rings. The molecule has 2 aromatic carbocycles. The van der Waals surface area contributed by atoms with Crippen LogP contribution in [0, 0.1) is 0 Å². The van der Waals surface area contributed by atoms with E-state index in [0.29, 0.717) is 30.0 Å². The van der Waals surface area contributed by atoms with Gasteiger partial charge in [-0.15, -0.1) is 0 Å². The summed E-state index contributed by atoms with van der Waals surface area (Å²) in [6, 6.07) is 14.9. The van der Waals surface area contributed by atoms with Crippen LogP contribution in [0.25, 0.3) is 11.4 Å². The Morgan fingerprint density at radius 3 is 2.73 bits per heavy atom. The van der Waals surface area contributed by atoms with Crippen LogP contribution in [-0.2, 0) is 16.4 Å². The second kappa shape index (κ2) is 8.74. The molecule has 0 unspecified atom stereocenters. The summed E-state index contributed by atoms with van der Waals surface area (Å²) >= 11 is 0. The molecule has 2 N–H and O–H groups in total. The van der Waals surface area contributed by atoms with Gasteiger partial charge in [-0.05, 0) is 54.3 Å². The van der Waals surface area contributed by atoms with Gasteiger partial charge in [-0.25, -0.2) is 18.4 Å². The van der Waals surface area contributed by atoms with Crippen LogP contribution < -0.4 is 10.6 Å². The average molecular weight is 462 g/mol. The van der Waals surface area contributed by atoms with Gasteiger partial charge in [-0.3, -0.25) is 9.79 Å². The summed E-state index contributed by atoms with van der Waals surface area (Å²) in [5, 5.41) is 6.25. The number of benzene rings is 2. The van der Waals surface area contributed by atoms with Crippen LogP contribution in [0.4, 0.5) is 11.5 Å². The number of sulfone groups is 1. The van der Waals surface area contributed by atoms with E-state index in [2.05, 4.69) is 31.7 Å². The zero-order valence-electron chi connectivity index (χ0n) is 17.9. The number of nitrogens with one attached hydrogen (secondary N) is 2. The molecule has 0 atom stereocenters. The Morgan fingerprint density at radius 2 is 1.88 bits per heavy atom. The Hall–Kier alpha value is -3.59. The number of fused-ring (bicyclic) bond motifs is 1. The molecular formula is C24H23N5O3S. The van der Waals surface area contributed by atoms with Crippen molar-refractivity contribution in [2.75, 3.05) is 16.8 Å². The normalized spacial score (nSPS) is 16.8. The Morgan fingerprint density at radius 1 is 1.03 bits per heavy atom. The fourth-order valence-corrected chi connectivity index (χ4v) is 5.49. The van der Waals surface area contributed by atoms with Gasteiger partial charge in [0.1, 0.15) is 15.7 Å². The number of hydrogen-bond acceptors (Lipinski definition) is 7. The third-order valence-corrected chi connectivity index (χ3v) is 7.55. The lowest BCUT2D eigenvalue weighted by atomic mass is 10.1. The second-order valence-corrected chi connectivity index (χ2v) is 10.6. The molecule has 0 radical (unpaired) electrons. The molecular weight excluding hydrogens is 438 g/mol. The van der Waals surface area contributed by atoms with E-state index >= 15 is 0 Å². The minimum absolute atomic E-state index is 0.114. The summed E-state index contributed by atoms with van der Waals surface area (Å²) in [5.74, 6) is 1.15. The smallest absolute Gasteiger partial charge is 0.251 e. The molecule has 0 aliphatic carbocycles. The molecule has 1 aromatic heterocycles. The number of aromatic nitrogens is 2. The molecule has 3 aromatic rings. The van der Waals surface area contributed by atoms with Crippen LogP contribution in [0.3, 0.4) is 0 Å². The molecule has 0 bridgehead atoms. The largest absolute Gasteiger partial charge is 0.349 e. The lowest BCUT2D eigenvalue weighted by Crippen LogP contribution is -2.40. The summed E-state index contributed by atoms with van der Waals surface area (Å²) in [4.78, 5) is 26.0. The summed E-state index contributed by atoms with van der Waals surface area (Å²) in [6.45, 7) is 0.719. The molecule has 0 saturated carbocycles. The molecule has 5 rings (SSSR count). The molecule has 168 valence electrons. The quantitative estimate of drug-likeness (QED) is 0.604. The highest BCUT2D eigenvalue weighted by Gasteiger charge is 2.25. The maximum absolute atomic E-state index is 12.7. The zero-order chi connectivity index (χ0) is 22.8. The van der Waals surface area contributed by atoms with Crippen LogP contribution in [0.2, 0.25) is 0 Å². The molecule has 33 heavy (non-hydrogen) atoms. The lowest BCUT2D eigenvalue weighted by Gasteiger charge is -2.23. The monoisotopic (exact) mass is 461 g/mol. The van der Waals surface area contributed by atoms with Gasteiger partial charge in [0.25, 0.3) is 5.91 Å². The maximum atomic E-state index is 12.7. The van der Waals surface area contributed by atoms with E-state index < -0.39 is 9.84 Å². The average Bonchev–Trinajstić information content (AvgIpc) is 3.29. The van der Waals surface area contributed by atoms with Gasteiger partial charge in [0.2, 0.25) is 0 Å². The Balaban J connectivity index is 1.30. The van der Waals surface area contributed by atoms with Gasteiger partial charge >= 0.3 is 0 Å². The summed E-state index contributed by atoms with van der Waals surface area (Å²) < 4.78 is 23.2. The molecule has 0 spiro atoms. The Labute approximate surface area is 192 Å². The highest BCUT2D eigenvalue weighted by molar-refractivity contribution is 7.91. The van der Waals surface area contributed by atoms with Gasteiger partial charge in [-0.2, -0.15) is 0 Å². The van der Waals surface area contributed by atoms with Crippen molar-refractivity contribution in [3.05, 3.63) is 71.4 Å². The number of carbonyl (C=O) groups excluding carboxylic acids is 1. The first-order chi connectivity index (χ1) is 15.9. The van der Waals surface area contributed by atoms with E-state index in [1.165, 1.54) is 5.56 Å². The van der Waals surface area contributed by atoms with Crippen molar-refractivity contribution in [3.63, 3.8) is 0 Å². The number of hydrogen-bond donors (Lipinski definition) is 2. The van der Waals surface area contributed by atoms with Crippen molar-refractivity contribution < 1.29 is 13.2 Å². The highest BCUT2D eigenvalue weighted by Crippen LogP contribution is 2.23. The molecule has 8 nitrogen and oxygen atoms in total. The first-order valence-electron chi connectivity index (χ1n) is 10.8. The molecule has 2 aliphatic heterocycles. The second-order valence-electron chi connectivity index (χ2n) is 8.25.